The fourth-order valence-corrected chi connectivity index (χ4v) is 2.45. The number of carbonyl (C=O) groups is 2. The first kappa shape index (κ1) is 17.5. The Hall–Kier alpha value is -2.84. The van der Waals surface area contributed by atoms with E-state index in [1.807, 2.05) is 6.07 Å². The van der Waals surface area contributed by atoms with Crippen LogP contribution in [0.2, 0.25) is 5.02 Å². The van der Waals surface area contributed by atoms with Crippen molar-refractivity contribution in [1.82, 2.24) is 0 Å². The monoisotopic (exact) mass is 341 g/mol. The molecule has 5 nitrogen and oxygen atoms in total. The summed E-state index contributed by atoms with van der Waals surface area (Å²) in [5.74, 6) is -0.670. The fourth-order valence-electron chi connectivity index (χ4n) is 2.28. The van der Waals surface area contributed by atoms with Gasteiger partial charge in [0.15, 0.2) is 0 Å². The lowest BCUT2D eigenvalue weighted by molar-refractivity contribution is -0.120. The van der Waals surface area contributed by atoms with Gasteiger partial charge in [0.2, 0.25) is 11.8 Å². The third-order valence-corrected chi connectivity index (χ3v) is 3.94. The normalized spacial score (nSPS) is 9.92. The van der Waals surface area contributed by atoms with Gasteiger partial charge in [0.25, 0.3) is 0 Å². The van der Waals surface area contributed by atoms with E-state index in [0.717, 1.165) is 5.56 Å². The highest BCUT2D eigenvalue weighted by atomic mass is 35.5. The van der Waals surface area contributed by atoms with Gasteiger partial charge in [-0.1, -0.05) is 29.8 Å². The molecule has 2 aromatic carbocycles. The molecule has 1 N–H and O–H groups in total. The maximum atomic E-state index is 12.3. The van der Waals surface area contributed by atoms with Crippen molar-refractivity contribution in [3.63, 3.8) is 0 Å². The molecule has 0 unspecified atom stereocenters. The molecule has 2 amide bonds. The Labute approximate surface area is 145 Å². The third kappa shape index (κ3) is 3.92. The number of para-hydroxylation sites is 1. The van der Waals surface area contributed by atoms with E-state index in [0.29, 0.717) is 22.0 Å². The van der Waals surface area contributed by atoms with E-state index >= 15 is 0 Å². The predicted molar refractivity (Wildman–Crippen MR) is 94.0 cm³/mol. The molecule has 6 heteroatoms. The van der Waals surface area contributed by atoms with E-state index in [1.54, 1.807) is 49.4 Å². The first-order valence-electron chi connectivity index (χ1n) is 7.26. The average Bonchev–Trinajstić information content (AvgIpc) is 2.56. The summed E-state index contributed by atoms with van der Waals surface area (Å²) in [6.45, 7) is 3.00. The van der Waals surface area contributed by atoms with Gasteiger partial charge >= 0.3 is 0 Å². The van der Waals surface area contributed by atoms with Gasteiger partial charge < -0.3 is 10.2 Å². The number of nitrogens with one attached hydrogen (secondary N) is 1. The van der Waals surface area contributed by atoms with Crippen LogP contribution in [0.5, 0.6) is 0 Å². The number of amides is 2. The van der Waals surface area contributed by atoms with Crippen LogP contribution >= 0.6 is 11.6 Å². The number of nitrogens with zero attached hydrogens (tertiary/aromatic N) is 2. The minimum Gasteiger partial charge on any atom is -0.323 e. The van der Waals surface area contributed by atoms with Crippen molar-refractivity contribution in [2.45, 2.75) is 13.8 Å². The molecule has 0 aliphatic heterocycles. The topological polar surface area (TPSA) is 73.2 Å². The maximum Gasteiger partial charge on any atom is 0.244 e. The smallest absolute Gasteiger partial charge is 0.244 e. The highest BCUT2D eigenvalue weighted by Gasteiger charge is 2.19. The molecule has 0 aromatic heterocycles. The Balaban J connectivity index is 2.22. The number of benzene rings is 2. The highest BCUT2D eigenvalue weighted by Crippen LogP contribution is 2.26. The molecule has 0 saturated heterocycles. The van der Waals surface area contributed by atoms with Gasteiger partial charge in [-0.25, -0.2) is 0 Å². The van der Waals surface area contributed by atoms with Gasteiger partial charge in [-0.05, 0) is 36.8 Å². The molecule has 2 aromatic rings. The van der Waals surface area contributed by atoms with Gasteiger partial charge in [-0.3, -0.25) is 9.59 Å². The molecule has 24 heavy (non-hydrogen) atoms. The Kier molecular flexibility index (Phi) is 5.56. The number of carbonyl (C=O) groups excluding carboxylic acids is 2. The Morgan fingerprint density at radius 3 is 2.58 bits per heavy atom. The molecule has 0 saturated carbocycles. The zero-order chi connectivity index (χ0) is 17.7. The van der Waals surface area contributed by atoms with E-state index in [-0.39, 0.29) is 12.5 Å². The number of nitriles is 1. The number of halogens is 1. The lowest BCUT2D eigenvalue weighted by Crippen LogP contribution is -2.37. The summed E-state index contributed by atoms with van der Waals surface area (Å²) in [4.78, 5) is 25.6. The first-order valence-corrected chi connectivity index (χ1v) is 7.64. The standard InChI is InChI=1S/C18H16ClN3O2/c1-12-15(19)7-5-9-17(12)22(13(2)23)11-18(24)21-16-8-4-3-6-14(16)10-20/h3-9H,11H2,1-2H3,(H,21,24). The van der Waals surface area contributed by atoms with Gasteiger partial charge in [-0.2, -0.15) is 5.26 Å². The fraction of sp³-hybridized carbons (Fsp3) is 0.167. The lowest BCUT2D eigenvalue weighted by atomic mass is 10.1. The zero-order valence-corrected chi connectivity index (χ0v) is 14.1. The molecular weight excluding hydrogens is 326 g/mol. The van der Waals surface area contributed by atoms with Crippen LogP contribution in [0, 0.1) is 18.3 Å². The van der Waals surface area contributed by atoms with E-state index in [1.165, 1.54) is 11.8 Å². The zero-order valence-electron chi connectivity index (χ0n) is 13.3. The maximum absolute atomic E-state index is 12.3. The average molecular weight is 342 g/mol. The van der Waals surface area contributed by atoms with E-state index in [9.17, 15) is 9.59 Å². The molecule has 0 spiro atoms. The number of rotatable bonds is 4. The molecule has 0 atom stereocenters. The van der Waals surface area contributed by atoms with Crippen LogP contribution in [0.25, 0.3) is 0 Å². The van der Waals surface area contributed by atoms with Crippen molar-refractivity contribution < 1.29 is 9.59 Å². The second kappa shape index (κ2) is 7.62. The largest absolute Gasteiger partial charge is 0.323 e. The van der Waals surface area contributed by atoms with Crippen molar-refractivity contribution in [3.05, 3.63) is 58.6 Å². The number of hydrogen-bond donors (Lipinski definition) is 1. The number of hydrogen-bond acceptors (Lipinski definition) is 3. The van der Waals surface area contributed by atoms with Gasteiger partial charge in [-0.15, -0.1) is 0 Å². The van der Waals surface area contributed by atoms with Crippen LogP contribution in [0.3, 0.4) is 0 Å². The Morgan fingerprint density at radius 1 is 1.21 bits per heavy atom. The van der Waals surface area contributed by atoms with E-state index in [4.69, 9.17) is 16.9 Å². The molecule has 0 bridgehead atoms. The van der Waals surface area contributed by atoms with Crippen LogP contribution in [0.1, 0.15) is 18.1 Å². The summed E-state index contributed by atoms with van der Waals surface area (Å²) in [5.41, 5.74) is 2.08. The Morgan fingerprint density at radius 2 is 1.92 bits per heavy atom. The van der Waals surface area contributed by atoms with Crippen molar-refractivity contribution in [3.8, 4) is 6.07 Å². The molecule has 0 fully saturated rings. The van der Waals surface area contributed by atoms with Gasteiger partial charge in [0, 0.05) is 17.6 Å². The van der Waals surface area contributed by atoms with Gasteiger partial charge in [0.05, 0.1) is 11.3 Å². The van der Waals surface area contributed by atoms with E-state index in [2.05, 4.69) is 5.32 Å². The summed E-state index contributed by atoms with van der Waals surface area (Å²) in [5, 5.41) is 12.3. The van der Waals surface area contributed by atoms with Crippen LogP contribution in [-0.2, 0) is 9.59 Å². The second-order valence-corrected chi connectivity index (χ2v) is 5.60. The first-order chi connectivity index (χ1) is 11.4. The molecular formula is C18H16ClN3O2. The highest BCUT2D eigenvalue weighted by molar-refractivity contribution is 6.31. The van der Waals surface area contributed by atoms with Crippen molar-refractivity contribution in [1.29, 1.82) is 5.26 Å². The van der Waals surface area contributed by atoms with Crippen LogP contribution < -0.4 is 10.2 Å². The van der Waals surface area contributed by atoms with Gasteiger partial charge in [0.1, 0.15) is 12.6 Å². The van der Waals surface area contributed by atoms with E-state index < -0.39 is 5.91 Å². The predicted octanol–water partition coefficient (Wildman–Crippen LogP) is 3.51. The quantitative estimate of drug-likeness (QED) is 0.924. The van der Waals surface area contributed by atoms with Crippen molar-refractivity contribution >= 4 is 34.8 Å². The Bertz CT molecular complexity index is 827. The minimum atomic E-state index is -0.396. The lowest BCUT2D eigenvalue weighted by Gasteiger charge is -2.23. The summed E-state index contributed by atoms with van der Waals surface area (Å²) >= 11 is 6.09. The number of anilines is 2. The summed E-state index contributed by atoms with van der Waals surface area (Å²) in [6, 6.07) is 13.9. The molecule has 0 heterocycles. The van der Waals surface area contributed by atoms with Crippen LogP contribution in [0.15, 0.2) is 42.5 Å². The summed E-state index contributed by atoms with van der Waals surface area (Å²) < 4.78 is 0. The second-order valence-electron chi connectivity index (χ2n) is 5.19. The summed E-state index contributed by atoms with van der Waals surface area (Å²) in [7, 11) is 0. The SMILES string of the molecule is CC(=O)N(CC(=O)Nc1ccccc1C#N)c1cccc(Cl)c1C. The van der Waals surface area contributed by atoms with Crippen LogP contribution in [0.4, 0.5) is 11.4 Å². The molecule has 0 aliphatic carbocycles. The molecule has 2 rings (SSSR count). The third-order valence-electron chi connectivity index (χ3n) is 3.53. The molecule has 0 aliphatic rings. The molecule has 0 radical (unpaired) electrons. The molecule has 122 valence electrons. The van der Waals surface area contributed by atoms with Crippen molar-refractivity contribution in [2.24, 2.45) is 0 Å². The van der Waals surface area contributed by atoms with Crippen molar-refractivity contribution in [2.75, 3.05) is 16.8 Å². The summed E-state index contributed by atoms with van der Waals surface area (Å²) in [6.07, 6.45) is 0. The minimum absolute atomic E-state index is 0.170. The van der Waals surface area contributed by atoms with Crippen LogP contribution in [-0.4, -0.2) is 18.4 Å².